The van der Waals surface area contributed by atoms with Gasteiger partial charge in [-0.15, -0.1) is 0 Å². The van der Waals surface area contributed by atoms with Crippen molar-refractivity contribution in [1.82, 2.24) is 0 Å². The van der Waals surface area contributed by atoms with E-state index in [1.807, 2.05) is 0 Å². The molecular weight excluding hydrogens is 252 g/mol. The maximum absolute atomic E-state index is 2.42. The molecule has 112 valence electrons. The Morgan fingerprint density at radius 2 is 1.43 bits per heavy atom. The van der Waals surface area contributed by atoms with E-state index in [9.17, 15) is 0 Å². The molecule has 0 unspecified atom stereocenters. The van der Waals surface area contributed by atoms with Gasteiger partial charge >= 0.3 is 0 Å². The highest BCUT2D eigenvalue weighted by molar-refractivity contribution is 5.60. The van der Waals surface area contributed by atoms with E-state index in [4.69, 9.17) is 0 Å². The van der Waals surface area contributed by atoms with Crippen molar-refractivity contribution in [2.24, 2.45) is 10.8 Å². The maximum Gasteiger partial charge on any atom is -0.00583 e. The average Bonchev–Trinajstić information content (AvgIpc) is 2.37. The topological polar surface area (TPSA) is 0 Å². The van der Waals surface area contributed by atoms with Crippen LogP contribution >= 0.6 is 0 Å². The smallest absolute Gasteiger partial charge is 0.00583 e. The molecule has 0 fully saturated rings. The van der Waals surface area contributed by atoms with E-state index in [0.29, 0.717) is 0 Å². The molecule has 0 heterocycles. The Bertz CT molecular complexity index is 581. The minimum absolute atomic E-state index is 0.187. The number of hydrogen-bond acceptors (Lipinski definition) is 0. The lowest BCUT2D eigenvalue weighted by Gasteiger charge is -2.31. The summed E-state index contributed by atoms with van der Waals surface area (Å²) in [6, 6.07) is 10.6. The van der Waals surface area contributed by atoms with E-state index < -0.39 is 0 Å². The van der Waals surface area contributed by atoms with Gasteiger partial charge in [0, 0.05) is 0 Å². The second kappa shape index (κ2) is 5.67. The first kappa shape index (κ1) is 15.8. The predicted octanol–water partition coefficient (Wildman–Crippen LogP) is 6.42. The number of rotatable bonds is 1. The van der Waals surface area contributed by atoms with Crippen LogP contribution in [0.1, 0.15) is 53.5 Å². The third kappa shape index (κ3) is 4.20. The Hall–Kier alpha value is -1.56. The summed E-state index contributed by atoms with van der Waals surface area (Å²) >= 11 is 0. The molecule has 0 saturated heterocycles. The van der Waals surface area contributed by atoms with Crippen LogP contribution in [0.25, 0.3) is 6.08 Å². The summed E-state index contributed by atoms with van der Waals surface area (Å²) in [4.78, 5) is 0. The van der Waals surface area contributed by atoms with Crippen molar-refractivity contribution in [1.29, 1.82) is 0 Å². The molecule has 1 aliphatic carbocycles. The number of hydrogen-bond donors (Lipinski definition) is 0. The Morgan fingerprint density at radius 1 is 0.810 bits per heavy atom. The van der Waals surface area contributed by atoms with Crippen molar-refractivity contribution in [2.75, 3.05) is 0 Å². The van der Waals surface area contributed by atoms with Gasteiger partial charge in [0.2, 0.25) is 0 Å². The van der Waals surface area contributed by atoms with Gasteiger partial charge in [-0.25, -0.2) is 0 Å². The summed E-state index contributed by atoms with van der Waals surface area (Å²) < 4.78 is 0. The lowest BCUT2D eigenvalue weighted by atomic mass is 9.74. The molecule has 0 aliphatic heterocycles. The lowest BCUT2D eigenvalue weighted by molar-refractivity contribution is 0.475. The monoisotopic (exact) mass is 280 g/mol. The molecule has 0 saturated carbocycles. The molecule has 1 aromatic carbocycles. The molecule has 0 amide bonds. The molecule has 0 bridgehead atoms. The Kier molecular flexibility index (Phi) is 4.27. The first-order chi connectivity index (χ1) is 9.66. The Balaban J connectivity index is 2.44. The zero-order valence-corrected chi connectivity index (χ0v) is 14.3. The molecule has 0 spiro atoms. The molecule has 2 rings (SSSR count). The summed E-state index contributed by atoms with van der Waals surface area (Å²) in [5, 5.41) is 0. The highest BCUT2D eigenvalue weighted by atomic mass is 14.3. The van der Waals surface area contributed by atoms with Gasteiger partial charge in [0.25, 0.3) is 0 Å². The third-order valence-electron chi connectivity index (χ3n) is 4.05. The zero-order chi connectivity index (χ0) is 15.7. The summed E-state index contributed by atoms with van der Waals surface area (Å²) in [5.41, 5.74) is 6.07. The fourth-order valence-corrected chi connectivity index (χ4v) is 2.52. The van der Waals surface area contributed by atoms with E-state index in [1.165, 1.54) is 22.3 Å². The van der Waals surface area contributed by atoms with E-state index in [-0.39, 0.29) is 10.8 Å². The molecule has 0 heteroatoms. The van der Waals surface area contributed by atoms with Crippen LogP contribution in [-0.2, 0) is 0 Å². The van der Waals surface area contributed by atoms with Crippen molar-refractivity contribution in [3.05, 3.63) is 64.8 Å². The number of benzene rings is 1. The van der Waals surface area contributed by atoms with Crippen molar-refractivity contribution < 1.29 is 0 Å². The van der Waals surface area contributed by atoms with Gasteiger partial charge in [-0.3, -0.25) is 0 Å². The first-order valence-corrected chi connectivity index (χ1v) is 7.85. The van der Waals surface area contributed by atoms with Crippen LogP contribution in [0.2, 0.25) is 0 Å². The van der Waals surface area contributed by atoms with E-state index in [1.54, 1.807) is 0 Å². The quantitative estimate of drug-likeness (QED) is 0.557. The molecule has 0 radical (unpaired) electrons. The van der Waals surface area contributed by atoms with Gasteiger partial charge in [-0.1, -0.05) is 95.7 Å². The highest BCUT2D eigenvalue weighted by Crippen LogP contribution is 2.40. The maximum atomic E-state index is 2.42. The fourth-order valence-electron chi connectivity index (χ4n) is 2.52. The second-order valence-corrected chi connectivity index (χ2v) is 8.08. The molecule has 1 aliphatic rings. The molecule has 0 aromatic heterocycles. The summed E-state index contributed by atoms with van der Waals surface area (Å²) in [5.74, 6) is 0. The Morgan fingerprint density at radius 3 is 1.95 bits per heavy atom. The first-order valence-electron chi connectivity index (χ1n) is 7.85. The molecule has 0 N–H and O–H groups in total. The summed E-state index contributed by atoms with van der Waals surface area (Å²) in [7, 11) is 0. The van der Waals surface area contributed by atoms with Crippen LogP contribution in [0.15, 0.2) is 59.2 Å². The van der Waals surface area contributed by atoms with Gasteiger partial charge in [0.15, 0.2) is 0 Å². The van der Waals surface area contributed by atoms with Crippen LogP contribution in [0.4, 0.5) is 0 Å². The largest absolute Gasteiger partial charge is 0.0622 e. The third-order valence-corrected chi connectivity index (χ3v) is 4.05. The van der Waals surface area contributed by atoms with Crippen LogP contribution in [0.5, 0.6) is 0 Å². The van der Waals surface area contributed by atoms with Gasteiger partial charge in [0.1, 0.15) is 0 Å². The van der Waals surface area contributed by atoms with Crippen molar-refractivity contribution in [3.8, 4) is 0 Å². The van der Waals surface area contributed by atoms with Crippen LogP contribution in [0, 0.1) is 10.8 Å². The molecule has 21 heavy (non-hydrogen) atoms. The zero-order valence-electron chi connectivity index (χ0n) is 14.3. The van der Waals surface area contributed by atoms with Crippen molar-refractivity contribution in [2.45, 2.75) is 48.0 Å². The highest BCUT2D eigenvalue weighted by Gasteiger charge is 2.25. The molecule has 1 aromatic rings. The second-order valence-electron chi connectivity index (χ2n) is 8.08. The van der Waals surface area contributed by atoms with E-state index in [2.05, 4.69) is 90.1 Å². The molecule has 0 nitrogen and oxygen atoms in total. The standard InChI is InChI=1S/C21H28/c1-20(2,3)18-13-17(12-16-10-8-7-9-11-16)14-19(15-18)21(4,5)6/h7-13,15H,14H2,1-6H3. The van der Waals surface area contributed by atoms with Crippen LogP contribution in [0.3, 0.4) is 0 Å². The molecular formula is C21H28. The summed E-state index contributed by atoms with van der Waals surface area (Å²) in [6.45, 7) is 13.8. The molecule has 0 atom stereocenters. The van der Waals surface area contributed by atoms with E-state index >= 15 is 0 Å². The number of allylic oxidation sites excluding steroid dienone is 5. The minimum Gasteiger partial charge on any atom is -0.0622 e. The fraction of sp³-hybridized carbons (Fsp3) is 0.429. The van der Waals surface area contributed by atoms with Crippen molar-refractivity contribution >= 4 is 6.08 Å². The lowest BCUT2D eigenvalue weighted by Crippen LogP contribution is -2.17. The minimum atomic E-state index is 0.187. The summed E-state index contributed by atoms with van der Waals surface area (Å²) in [6.07, 6.45) is 8.17. The SMILES string of the molecule is CC(C)(C)C1=CC(=Cc2ccccc2)CC(C(C)(C)C)=C1. The van der Waals surface area contributed by atoms with Gasteiger partial charge in [0.05, 0.1) is 0 Å². The van der Waals surface area contributed by atoms with Gasteiger partial charge in [-0.2, -0.15) is 0 Å². The van der Waals surface area contributed by atoms with Crippen LogP contribution in [-0.4, -0.2) is 0 Å². The van der Waals surface area contributed by atoms with Crippen LogP contribution < -0.4 is 0 Å². The van der Waals surface area contributed by atoms with E-state index in [0.717, 1.165) is 6.42 Å². The van der Waals surface area contributed by atoms with Crippen molar-refractivity contribution in [3.63, 3.8) is 0 Å². The van der Waals surface area contributed by atoms with Gasteiger partial charge < -0.3 is 0 Å². The van der Waals surface area contributed by atoms with Gasteiger partial charge in [-0.05, 0) is 34.0 Å². The predicted molar refractivity (Wildman–Crippen MR) is 94.1 cm³/mol. The average molecular weight is 280 g/mol. The Labute approximate surface area is 130 Å². The normalized spacial score (nSPS) is 18.5.